The summed E-state index contributed by atoms with van der Waals surface area (Å²) in [6.07, 6.45) is 1.52. The predicted octanol–water partition coefficient (Wildman–Crippen LogP) is 1.57. The van der Waals surface area contributed by atoms with E-state index < -0.39 is 5.97 Å². The van der Waals surface area contributed by atoms with E-state index in [1.54, 1.807) is 24.3 Å². The lowest BCUT2D eigenvalue weighted by atomic mass is 10.1. The number of carbonyl (C=O) groups excluding carboxylic acids is 2. The van der Waals surface area contributed by atoms with Crippen molar-refractivity contribution in [3.8, 4) is 0 Å². The highest BCUT2D eigenvalue weighted by atomic mass is 16.5. The summed E-state index contributed by atoms with van der Waals surface area (Å²) in [7, 11) is 1.29. The van der Waals surface area contributed by atoms with Crippen LogP contribution in [0.4, 0.5) is 5.69 Å². The van der Waals surface area contributed by atoms with Gasteiger partial charge >= 0.3 is 5.97 Å². The average Bonchev–Trinajstić information content (AvgIpc) is 2.39. The number of nitrogens with one attached hydrogen (secondary N) is 1. The molecule has 5 nitrogen and oxygen atoms in total. The number of carbonyl (C=O) groups is 2. The summed E-state index contributed by atoms with van der Waals surface area (Å²) in [5.41, 5.74) is 0.772. The van der Waals surface area contributed by atoms with Crippen LogP contribution < -0.4 is 5.32 Å². The van der Waals surface area contributed by atoms with Crippen LogP contribution in [0.25, 0.3) is 0 Å². The molecule has 0 radical (unpaired) electrons. The maximum atomic E-state index is 11.6. The Hall–Kier alpha value is -1.88. The number of hydrogen-bond donors (Lipinski definition) is 2. The zero-order valence-electron chi connectivity index (χ0n) is 10.3. The van der Waals surface area contributed by atoms with E-state index in [0.29, 0.717) is 30.5 Å². The number of para-hydroxylation sites is 1. The van der Waals surface area contributed by atoms with Crippen LogP contribution >= 0.6 is 0 Å². The van der Waals surface area contributed by atoms with Gasteiger partial charge in [0.2, 0.25) is 5.91 Å². The smallest absolute Gasteiger partial charge is 0.339 e. The van der Waals surface area contributed by atoms with Gasteiger partial charge in [0, 0.05) is 13.0 Å². The third kappa shape index (κ3) is 4.18. The van der Waals surface area contributed by atoms with Gasteiger partial charge in [-0.25, -0.2) is 4.79 Å². The van der Waals surface area contributed by atoms with E-state index in [9.17, 15) is 9.59 Å². The van der Waals surface area contributed by atoms with Crippen molar-refractivity contribution in [2.24, 2.45) is 0 Å². The van der Waals surface area contributed by atoms with E-state index in [4.69, 9.17) is 5.11 Å². The summed E-state index contributed by atoms with van der Waals surface area (Å²) < 4.78 is 4.63. The Balaban J connectivity index is 2.66. The Morgan fingerprint density at radius 2 is 2.00 bits per heavy atom. The highest BCUT2D eigenvalue weighted by Gasteiger charge is 2.12. The Kier molecular flexibility index (Phi) is 5.87. The van der Waals surface area contributed by atoms with Gasteiger partial charge in [-0.1, -0.05) is 12.1 Å². The molecule has 0 heterocycles. The van der Waals surface area contributed by atoms with Crippen LogP contribution in [0.1, 0.15) is 29.6 Å². The fraction of sp³-hybridized carbons (Fsp3) is 0.385. The van der Waals surface area contributed by atoms with E-state index >= 15 is 0 Å². The summed E-state index contributed by atoms with van der Waals surface area (Å²) in [6.45, 7) is 0.0754. The first-order chi connectivity index (χ1) is 8.69. The molecule has 0 aliphatic heterocycles. The Morgan fingerprint density at radius 1 is 1.28 bits per heavy atom. The van der Waals surface area contributed by atoms with Crippen molar-refractivity contribution in [1.29, 1.82) is 0 Å². The second-order valence-corrected chi connectivity index (χ2v) is 3.77. The van der Waals surface area contributed by atoms with E-state index in [0.717, 1.165) is 0 Å². The molecular weight excluding hydrogens is 234 g/mol. The minimum atomic E-state index is -0.485. The molecular formula is C13H17NO4. The van der Waals surface area contributed by atoms with Gasteiger partial charge in [0.05, 0.1) is 18.4 Å². The molecule has 0 saturated heterocycles. The van der Waals surface area contributed by atoms with Gasteiger partial charge in [0.25, 0.3) is 0 Å². The van der Waals surface area contributed by atoms with E-state index in [2.05, 4.69) is 10.1 Å². The molecule has 0 aromatic heterocycles. The molecule has 98 valence electrons. The van der Waals surface area contributed by atoms with Gasteiger partial charge in [-0.2, -0.15) is 0 Å². The second kappa shape index (κ2) is 7.45. The van der Waals surface area contributed by atoms with Gasteiger partial charge in [-0.15, -0.1) is 0 Å². The van der Waals surface area contributed by atoms with Crippen molar-refractivity contribution in [2.45, 2.75) is 19.3 Å². The molecule has 0 unspecified atom stereocenters. The van der Waals surface area contributed by atoms with Crippen LogP contribution in [0.5, 0.6) is 0 Å². The fourth-order valence-corrected chi connectivity index (χ4v) is 1.49. The van der Waals surface area contributed by atoms with Gasteiger partial charge in [-0.3, -0.25) is 4.79 Å². The molecule has 2 N–H and O–H groups in total. The van der Waals surface area contributed by atoms with Crippen molar-refractivity contribution < 1.29 is 19.4 Å². The average molecular weight is 251 g/mol. The monoisotopic (exact) mass is 251 g/mol. The molecule has 5 heteroatoms. The summed E-state index contributed by atoms with van der Waals surface area (Å²) in [4.78, 5) is 23.1. The van der Waals surface area contributed by atoms with Crippen LogP contribution in [0, 0.1) is 0 Å². The Labute approximate surface area is 106 Å². The molecule has 1 rings (SSSR count). The van der Waals surface area contributed by atoms with Gasteiger partial charge in [-0.05, 0) is 25.0 Å². The maximum Gasteiger partial charge on any atom is 0.339 e. The molecule has 18 heavy (non-hydrogen) atoms. The standard InChI is InChI=1S/C13H17NO4/c1-18-13(17)10-6-2-3-7-11(10)14-12(16)8-4-5-9-15/h2-3,6-7,15H,4-5,8-9H2,1H3,(H,14,16). The Morgan fingerprint density at radius 3 is 2.67 bits per heavy atom. The van der Waals surface area contributed by atoms with Gasteiger partial charge in [0.15, 0.2) is 0 Å². The van der Waals surface area contributed by atoms with Crippen molar-refractivity contribution in [3.05, 3.63) is 29.8 Å². The Bertz CT molecular complexity index is 417. The predicted molar refractivity (Wildman–Crippen MR) is 67.3 cm³/mol. The van der Waals surface area contributed by atoms with E-state index in [1.807, 2.05) is 0 Å². The SMILES string of the molecule is COC(=O)c1ccccc1NC(=O)CCCCO. The first-order valence-electron chi connectivity index (χ1n) is 5.77. The lowest BCUT2D eigenvalue weighted by Crippen LogP contribution is -2.15. The molecule has 1 amide bonds. The minimum Gasteiger partial charge on any atom is -0.465 e. The quantitative estimate of drug-likeness (QED) is 0.594. The molecule has 0 aliphatic rings. The van der Waals surface area contributed by atoms with E-state index in [-0.39, 0.29) is 12.5 Å². The summed E-state index contributed by atoms with van der Waals surface area (Å²) >= 11 is 0. The fourth-order valence-electron chi connectivity index (χ4n) is 1.49. The number of aliphatic hydroxyl groups is 1. The lowest BCUT2D eigenvalue weighted by molar-refractivity contribution is -0.116. The largest absolute Gasteiger partial charge is 0.465 e. The number of ether oxygens (including phenoxy) is 1. The number of benzene rings is 1. The zero-order valence-corrected chi connectivity index (χ0v) is 10.3. The van der Waals surface area contributed by atoms with Crippen molar-refractivity contribution in [2.75, 3.05) is 19.0 Å². The van der Waals surface area contributed by atoms with Crippen molar-refractivity contribution in [1.82, 2.24) is 0 Å². The summed E-state index contributed by atoms with van der Waals surface area (Å²) in [5.74, 6) is -0.666. The first-order valence-corrected chi connectivity index (χ1v) is 5.77. The molecule has 0 aliphatic carbocycles. The number of anilines is 1. The number of esters is 1. The number of unbranched alkanes of at least 4 members (excludes halogenated alkanes) is 1. The number of hydrogen-bond acceptors (Lipinski definition) is 4. The molecule has 0 saturated carbocycles. The maximum absolute atomic E-state index is 11.6. The molecule has 0 fully saturated rings. The van der Waals surface area contributed by atoms with Crippen LogP contribution in [-0.4, -0.2) is 30.7 Å². The highest BCUT2D eigenvalue weighted by Crippen LogP contribution is 2.16. The zero-order chi connectivity index (χ0) is 13.4. The summed E-state index contributed by atoms with van der Waals surface area (Å²) in [6, 6.07) is 6.68. The third-order valence-electron chi connectivity index (χ3n) is 2.42. The molecule has 0 spiro atoms. The van der Waals surface area contributed by atoms with Crippen LogP contribution in [-0.2, 0) is 9.53 Å². The van der Waals surface area contributed by atoms with Crippen LogP contribution in [0.2, 0.25) is 0 Å². The van der Waals surface area contributed by atoms with Crippen LogP contribution in [0.3, 0.4) is 0 Å². The molecule has 1 aromatic rings. The first kappa shape index (κ1) is 14.2. The number of methoxy groups -OCH3 is 1. The number of amides is 1. The molecule has 0 bridgehead atoms. The number of rotatable bonds is 6. The highest BCUT2D eigenvalue weighted by molar-refractivity contribution is 6.01. The normalized spacial score (nSPS) is 9.89. The molecule has 1 aromatic carbocycles. The second-order valence-electron chi connectivity index (χ2n) is 3.77. The number of aliphatic hydroxyl groups excluding tert-OH is 1. The third-order valence-corrected chi connectivity index (χ3v) is 2.42. The van der Waals surface area contributed by atoms with Crippen LogP contribution in [0.15, 0.2) is 24.3 Å². The summed E-state index contributed by atoms with van der Waals surface area (Å²) in [5, 5.41) is 11.3. The molecule has 0 atom stereocenters. The van der Waals surface area contributed by atoms with Crippen molar-refractivity contribution in [3.63, 3.8) is 0 Å². The van der Waals surface area contributed by atoms with Crippen molar-refractivity contribution >= 4 is 17.6 Å². The topological polar surface area (TPSA) is 75.6 Å². The minimum absolute atomic E-state index is 0.0754. The van der Waals surface area contributed by atoms with Gasteiger partial charge < -0.3 is 15.2 Å². The van der Waals surface area contributed by atoms with Gasteiger partial charge in [0.1, 0.15) is 0 Å². The van der Waals surface area contributed by atoms with E-state index in [1.165, 1.54) is 7.11 Å². The lowest BCUT2D eigenvalue weighted by Gasteiger charge is -2.09.